The van der Waals surface area contributed by atoms with Crippen LogP contribution in [0.1, 0.15) is 44.4 Å². The van der Waals surface area contributed by atoms with Crippen molar-refractivity contribution in [1.29, 1.82) is 0 Å². The topological polar surface area (TPSA) is 79.4 Å². The number of nitrogens with one attached hydrogen (secondary N) is 2. The number of ether oxygens (including phenoxy) is 1. The molecule has 0 unspecified atom stereocenters. The Bertz CT molecular complexity index is 771. The molecule has 2 aromatic rings. The Morgan fingerprint density at radius 1 is 1.42 bits per heavy atom. The summed E-state index contributed by atoms with van der Waals surface area (Å²) in [6.45, 7) is 6.60. The summed E-state index contributed by atoms with van der Waals surface area (Å²) in [5.74, 6) is 1.11. The Morgan fingerprint density at radius 3 is 2.88 bits per heavy atom. The molecule has 2 N–H and O–H groups in total. The SMILES string of the molecule is CCCOc1ccc(/C=N\Nc2nc(C(C)C)cc(=O)[nH]2)cc1Cl. The molecule has 0 spiro atoms. The van der Waals surface area contributed by atoms with Gasteiger partial charge in [0.05, 0.1) is 23.5 Å². The fourth-order valence-corrected chi connectivity index (χ4v) is 2.16. The smallest absolute Gasteiger partial charge is 0.252 e. The number of rotatable bonds is 7. The lowest BCUT2D eigenvalue weighted by molar-refractivity contribution is 0.317. The molecule has 7 heteroatoms. The fourth-order valence-electron chi connectivity index (χ4n) is 1.92. The molecule has 0 radical (unpaired) electrons. The van der Waals surface area contributed by atoms with Crippen LogP contribution in [0.25, 0.3) is 0 Å². The highest BCUT2D eigenvalue weighted by atomic mass is 35.5. The second kappa shape index (κ2) is 8.49. The van der Waals surface area contributed by atoms with E-state index in [-0.39, 0.29) is 11.5 Å². The molecule has 0 bridgehead atoms. The van der Waals surface area contributed by atoms with Crippen LogP contribution < -0.4 is 15.7 Å². The van der Waals surface area contributed by atoms with Gasteiger partial charge in [-0.15, -0.1) is 0 Å². The number of H-pyrrole nitrogens is 1. The summed E-state index contributed by atoms with van der Waals surface area (Å²) in [6, 6.07) is 6.90. The van der Waals surface area contributed by atoms with Crippen molar-refractivity contribution < 1.29 is 4.74 Å². The van der Waals surface area contributed by atoms with Gasteiger partial charge < -0.3 is 4.74 Å². The molecule has 0 fully saturated rings. The van der Waals surface area contributed by atoms with Crippen LogP contribution in [0, 0.1) is 0 Å². The summed E-state index contributed by atoms with van der Waals surface area (Å²) in [5, 5.41) is 4.61. The first-order valence-corrected chi connectivity index (χ1v) is 8.20. The molecule has 0 saturated heterocycles. The third-order valence-electron chi connectivity index (χ3n) is 3.15. The third kappa shape index (κ3) is 5.09. The average molecular weight is 349 g/mol. The zero-order valence-electron chi connectivity index (χ0n) is 14.0. The van der Waals surface area contributed by atoms with E-state index in [0.29, 0.717) is 29.0 Å². The van der Waals surface area contributed by atoms with Gasteiger partial charge in [0.1, 0.15) is 5.75 Å². The van der Waals surface area contributed by atoms with Crippen molar-refractivity contribution in [2.75, 3.05) is 12.0 Å². The summed E-state index contributed by atoms with van der Waals surface area (Å²) in [5.41, 5.74) is 4.02. The van der Waals surface area contributed by atoms with Crippen LogP contribution in [0.15, 0.2) is 34.2 Å². The second-order valence-electron chi connectivity index (χ2n) is 5.58. The molecule has 128 valence electrons. The summed E-state index contributed by atoms with van der Waals surface area (Å²) >= 11 is 6.17. The van der Waals surface area contributed by atoms with Gasteiger partial charge in [0.25, 0.3) is 5.56 Å². The number of benzene rings is 1. The molecular formula is C17H21ClN4O2. The second-order valence-corrected chi connectivity index (χ2v) is 5.99. The highest BCUT2D eigenvalue weighted by Crippen LogP contribution is 2.25. The lowest BCUT2D eigenvalue weighted by atomic mass is 10.1. The number of aromatic amines is 1. The highest BCUT2D eigenvalue weighted by molar-refractivity contribution is 6.32. The average Bonchev–Trinajstić information content (AvgIpc) is 2.53. The molecule has 0 saturated carbocycles. The van der Waals surface area contributed by atoms with Gasteiger partial charge in [0.2, 0.25) is 5.95 Å². The largest absolute Gasteiger partial charge is 0.492 e. The number of hydrazone groups is 1. The van der Waals surface area contributed by atoms with Crippen molar-refractivity contribution in [3.05, 3.63) is 50.9 Å². The predicted molar refractivity (Wildman–Crippen MR) is 97.4 cm³/mol. The summed E-state index contributed by atoms with van der Waals surface area (Å²) in [4.78, 5) is 18.5. The van der Waals surface area contributed by atoms with Crippen LogP contribution in [0.3, 0.4) is 0 Å². The van der Waals surface area contributed by atoms with Crippen LogP contribution in [0.4, 0.5) is 5.95 Å². The van der Waals surface area contributed by atoms with E-state index in [9.17, 15) is 4.79 Å². The Morgan fingerprint density at radius 2 is 2.21 bits per heavy atom. The minimum Gasteiger partial charge on any atom is -0.492 e. The molecule has 0 aliphatic heterocycles. The number of halogens is 1. The monoisotopic (exact) mass is 348 g/mol. The molecular weight excluding hydrogens is 328 g/mol. The third-order valence-corrected chi connectivity index (χ3v) is 3.45. The van der Waals surface area contributed by atoms with E-state index < -0.39 is 0 Å². The lowest BCUT2D eigenvalue weighted by Gasteiger charge is -2.07. The normalized spacial score (nSPS) is 11.2. The maximum Gasteiger partial charge on any atom is 0.252 e. The van der Waals surface area contributed by atoms with E-state index in [1.165, 1.54) is 6.07 Å². The molecule has 0 aliphatic rings. The van der Waals surface area contributed by atoms with E-state index in [4.69, 9.17) is 16.3 Å². The number of aromatic nitrogens is 2. The van der Waals surface area contributed by atoms with Gasteiger partial charge in [-0.3, -0.25) is 9.78 Å². The van der Waals surface area contributed by atoms with Crippen molar-refractivity contribution in [3.8, 4) is 5.75 Å². The fraction of sp³-hybridized carbons (Fsp3) is 0.353. The van der Waals surface area contributed by atoms with Crippen LogP contribution in [0.2, 0.25) is 5.02 Å². The molecule has 6 nitrogen and oxygen atoms in total. The first-order valence-electron chi connectivity index (χ1n) is 7.82. The van der Waals surface area contributed by atoms with E-state index in [1.54, 1.807) is 18.3 Å². The zero-order valence-corrected chi connectivity index (χ0v) is 14.7. The molecule has 0 amide bonds. The summed E-state index contributed by atoms with van der Waals surface area (Å²) in [7, 11) is 0. The van der Waals surface area contributed by atoms with E-state index in [1.807, 2.05) is 26.8 Å². The molecule has 2 rings (SSSR count). The quantitative estimate of drug-likeness (QED) is 0.589. The van der Waals surface area contributed by atoms with Crippen LogP contribution >= 0.6 is 11.6 Å². The molecule has 1 heterocycles. The van der Waals surface area contributed by atoms with Crippen molar-refractivity contribution in [2.45, 2.75) is 33.1 Å². The number of hydrogen-bond donors (Lipinski definition) is 2. The Labute approximate surface area is 145 Å². The van der Waals surface area contributed by atoms with Crippen molar-refractivity contribution in [1.82, 2.24) is 9.97 Å². The van der Waals surface area contributed by atoms with Gasteiger partial charge in [-0.25, -0.2) is 10.4 Å². The number of hydrogen-bond acceptors (Lipinski definition) is 5. The van der Waals surface area contributed by atoms with Crippen LogP contribution in [0.5, 0.6) is 5.75 Å². The summed E-state index contributed by atoms with van der Waals surface area (Å²) in [6.07, 6.45) is 2.52. The zero-order chi connectivity index (χ0) is 17.5. The Hall–Kier alpha value is -2.34. The van der Waals surface area contributed by atoms with Crippen LogP contribution in [-0.4, -0.2) is 22.8 Å². The molecule has 1 aromatic carbocycles. The first kappa shape index (κ1) is 18.0. The van der Waals surface area contributed by atoms with Gasteiger partial charge >= 0.3 is 0 Å². The van der Waals surface area contributed by atoms with E-state index >= 15 is 0 Å². The van der Waals surface area contributed by atoms with Gasteiger partial charge in [0.15, 0.2) is 0 Å². The Balaban J connectivity index is 2.06. The van der Waals surface area contributed by atoms with Gasteiger partial charge in [-0.05, 0) is 36.1 Å². The van der Waals surface area contributed by atoms with Crippen molar-refractivity contribution in [2.24, 2.45) is 5.10 Å². The van der Waals surface area contributed by atoms with Gasteiger partial charge in [-0.2, -0.15) is 5.10 Å². The molecule has 1 aromatic heterocycles. The standard InChI is InChI=1S/C17H21ClN4O2/c1-4-7-24-15-6-5-12(8-13(15)18)10-19-22-17-20-14(11(2)3)9-16(23)21-17/h5-6,8-11H,4,7H2,1-3H3,(H2,20,21,22,23)/b19-10-. The molecule has 0 atom stereocenters. The number of anilines is 1. The Kier molecular flexibility index (Phi) is 6.37. The maximum atomic E-state index is 11.6. The van der Waals surface area contributed by atoms with E-state index in [0.717, 1.165) is 12.0 Å². The van der Waals surface area contributed by atoms with Crippen molar-refractivity contribution in [3.63, 3.8) is 0 Å². The predicted octanol–water partition coefficient (Wildman–Crippen LogP) is 3.78. The van der Waals surface area contributed by atoms with Crippen LogP contribution in [-0.2, 0) is 0 Å². The van der Waals surface area contributed by atoms with Crippen molar-refractivity contribution >= 4 is 23.8 Å². The van der Waals surface area contributed by atoms with E-state index in [2.05, 4.69) is 20.5 Å². The minimum atomic E-state index is -0.216. The first-order chi connectivity index (χ1) is 11.5. The maximum absolute atomic E-state index is 11.6. The van der Waals surface area contributed by atoms with Gasteiger partial charge in [0, 0.05) is 6.07 Å². The molecule has 0 aliphatic carbocycles. The highest BCUT2D eigenvalue weighted by Gasteiger charge is 2.05. The number of nitrogens with zero attached hydrogens (tertiary/aromatic N) is 2. The lowest BCUT2D eigenvalue weighted by Crippen LogP contribution is -2.12. The minimum absolute atomic E-state index is 0.159. The molecule has 24 heavy (non-hydrogen) atoms. The van der Waals surface area contributed by atoms with Gasteiger partial charge in [-0.1, -0.05) is 32.4 Å². The summed E-state index contributed by atoms with van der Waals surface area (Å²) < 4.78 is 5.52.